The highest BCUT2D eigenvalue weighted by molar-refractivity contribution is 9.10. The van der Waals surface area contributed by atoms with Crippen LogP contribution < -0.4 is 5.56 Å². The molecular formula is C12H7BrF3NO. The van der Waals surface area contributed by atoms with Crippen molar-refractivity contribution in [2.45, 2.75) is 6.18 Å². The summed E-state index contributed by atoms with van der Waals surface area (Å²) in [6.45, 7) is 0. The molecule has 6 heteroatoms. The summed E-state index contributed by atoms with van der Waals surface area (Å²) in [5.74, 6) is 0. The maximum Gasteiger partial charge on any atom is 0.421 e. The molecule has 0 atom stereocenters. The minimum Gasteiger partial charge on any atom is -0.328 e. The number of pyridine rings is 1. The van der Waals surface area contributed by atoms with Gasteiger partial charge in [0.2, 0.25) is 0 Å². The van der Waals surface area contributed by atoms with Crippen LogP contribution >= 0.6 is 15.9 Å². The van der Waals surface area contributed by atoms with E-state index < -0.39 is 17.3 Å². The quantitative estimate of drug-likeness (QED) is 0.852. The first-order chi connectivity index (χ1) is 8.38. The van der Waals surface area contributed by atoms with Crippen molar-refractivity contribution in [3.05, 3.63) is 56.9 Å². The van der Waals surface area contributed by atoms with Crippen molar-refractivity contribution in [1.29, 1.82) is 0 Å². The second-order valence-corrected chi connectivity index (χ2v) is 4.55. The largest absolute Gasteiger partial charge is 0.421 e. The van der Waals surface area contributed by atoms with Gasteiger partial charge in [0, 0.05) is 10.7 Å². The number of rotatable bonds is 1. The number of H-pyrrole nitrogens is 1. The lowest BCUT2D eigenvalue weighted by Gasteiger charge is -2.08. The molecule has 1 N–H and O–H groups in total. The normalized spacial score (nSPS) is 11.6. The fraction of sp³-hybridized carbons (Fsp3) is 0.0833. The fourth-order valence-electron chi connectivity index (χ4n) is 1.50. The molecule has 18 heavy (non-hydrogen) atoms. The standard InChI is InChI=1S/C12H7BrF3NO/c13-9-3-1-7(2-4-9)8-5-10(12(14,15)16)11(18)17-6-8/h1-6H,(H,17,18). The molecule has 0 radical (unpaired) electrons. The van der Waals surface area contributed by atoms with Gasteiger partial charge in [-0.3, -0.25) is 4.79 Å². The molecule has 0 aliphatic rings. The van der Waals surface area contributed by atoms with Crippen LogP contribution in [0.5, 0.6) is 0 Å². The second kappa shape index (κ2) is 4.61. The highest BCUT2D eigenvalue weighted by atomic mass is 79.9. The van der Waals surface area contributed by atoms with Gasteiger partial charge in [-0.15, -0.1) is 0 Å². The average molecular weight is 318 g/mol. The van der Waals surface area contributed by atoms with Crippen LogP contribution in [0.2, 0.25) is 0 Å². The minimum absolute atomic E-state index is 0.314. The lowest BCUT2D eigenvalue weighted by molar-refractivity contribution is -0.138. The van der Waals surface area contributed by atoms with E-state index in [4.69, 9.17) is 0 Å². The first kappa shape index (κ1) is 12.9. The van der Waals surface area contributed by atoms with Gasteiger partial charge in [0.05, 0.1) is 0 Å². The Balaban J connectivity index is 2.54. The van der Waals surface area contributed by atoms with Crippen LogP contribution in [-0.4, -0.2) is 4.98 Å². The number of benzene rings is 1. The molecule has 0 aliphatic heterocycles. The lowest BCUT2D eigenvalue weighted by atomic mass is 10.1. The highest BCUT2D eigenvalue weighted by Crippen LogP contribution is 2.29. The predicted octanol–water partition coefficient (Wildman–Crippen LogP) is 3.82. The van der Waals surface area contributed by atoms with Crippen LogP contribution in [0.4, 0.5) is 13.2 Å². The van der Waals surface area contributed by atoms with Gasteiger partial charge in [-0.05, 0) is 29.3 Å². The van der Waals surface area contributed by atoms with Crippen molar-refractivity contribution in [1.82, 2.24) is 4.98 Å². The van der Waals surface area contributed by atoms with Gasteiger partial charge in [0.15, 0.2) is 0 Å². The molecular weight excluding hydrogens is 311 g/mol. The number of halogens is 4. The van der Waals surface area contributed by atoms with Crippen molar-refractivity contribution in [3.63, 3.8) is 0 Å². The summed E-state index contributed by atoms with van der Waals surface area (Å²) < 4.78 is 38.6. The number of nitrogens with one attached hydrogen (secondary N) is 1. The first-order valence-corrected chi connectivity index (χ1v) is 5.73. The van der Waals surface area contributed by atoms with E-state index in [0.717, 1.165) is 10.5 Å². The predicted molar refractivity (Wildman–Crippen MR) is 65.2 cm³/mol. The molecule has 1 aromatic heterocycles. The molecule has 0 amide bonds. The maximum atomic E-state index is 12.6. The Kier molecular flexibility index (Phi) is 3.30. The number of alkyl halides is 3. The lowest BCUT2D eigenvalue weighted by Crippen LogP contribution is -2.20. The summed E-state index contributed by atoms with van der Waals surface area (Å²) >= 11 is 3.24. The molecule has 1 aromatic carbocycles. The van der Waals surface area contributed by atoms with Gasteiger partial charge < -0.3 is 4.98 Å². The molecule has 0 unspecified atom stereocenters. The zero-order valence-electron chi connectivity index (χ0n) is 8.88. The topological polar surface area (TPSA) is 32.9 Å². The minimum atomic E-state index is -4.65. The number of hydrogen-bond donors (Lipinski definition) is 1. The monoisotopic (exact) mass is 317 g/mol. The smallest absolute Gasteiger partial charge is 0.328 e. The summed E-state index contributed by atoms with van der Waals surface area (Å²) in [7, 11) is 0. The first-order valence-electron chi connectivity index (χ1n) is 4.94. The van der Waals surface area contributed by atoms with E-state index in [1.807, 2.05) is 0 Å². The second-order valence-electron chi connectivity index (χ2n) is 3.64. The van der Waals surface area contributed by atoms with Gasteiger partial charge >= 0.3 is 6.18 Å². The third kappa shape index (κ3) is 2.64. The average Bonchev–Trinajstić information content (AvgIpc) is 2.29. The molecule has 0 bridgehead atoms. The van der Waals surface area contributed by atoms with Crippen LogP contribution in [0.25, 0.3) is 11.1 Å². The summed E-state index contributed by atoms with van der Waals surface area (Å²) in [6, 6.07) is 7.61. The Morgan fingerprint density at radius 1 is 1.06 bits per heavy atom. The van der Waals surface area contributed by atoms with Gasteiger partial charge in [-0.25, -0.2) is 0 Å². The SMILES string of the molecule is O=c1[nH]cc(-c2ccc(Br)cc2)cc1C(F)(F)F. The van der Waals surface area contributed by atoms with Gasteiger partial charge in [-0.1, -0.05) is 28.1 Å². The molecule has 0 spiro atoms. The number of aromatic nitrogens is 1. The zero-order valence-corrected chi connectivity index (χ0v) is 10.5. The van der Waals surface area contributed by atoms with E-state index in [9.17, 15) is 18.0 Å². The summed E-state index contributed by atoms with van der Waals surface area (Å²) in [5.41, 5.74) is -1.42. The van der Waals surface area contributed by atoms with E-state index in [1.54, 1.807) is 24.3 Å². The third-order valence-corrected chi connectivity index (χ3v) is 2.91. The van der Waals surface area contributed by atoms with Crippen LogP contribution in [0.15, 0.2) is 45.8 Å². The Morgan fingerprint density at radius 3 is 2.22 bits per heavy atom. The van der Waals surface area contributed by atoms with Crippen LogP contribution in [0.1, 0.15) is 5.56 Å². The Morgan fingerprint density at radius 2 is 1.67 bits per heavy atom. The van der Waals surface area contributed by atoms with Crippen LogP contribution in [0, 0.1) is 0 Å². The number of aromatic amines is 1. The van der Waals surface area contributed by atoms with Gasteiger partial charge in [-0.2, -0.15) is 13.2 Å². The molecule has 2 rings (SSSR count). The van der Waals surface area contributed by atoms with E-state index in [0.29, 0.717) is 11.1 Å². The van der Waals surface area contributed by atoms with E-state index in [2.05, 4.69) is 20.9 Å². The Bertz CT molecular complexity index is 616. The maximum absolute atomic E-state index is 12.6. The highest BCUT2D eigenvalue weighted by Gasteiger charge is 2.34. The zero-order chi connectivity index (χ0) is 13.3. The Hall–Kier alpha value is -1.56. The van der Waals surface area contributed by atoms with Crippen LogP contribution in [-0.2, 0) is 6.18 Å². The van der Waals surface area contributed by atoms with Crippen molar-refractivity contribution in [2.75, 3.05) is 0 Å². The molecule has 0 saturated heterocycles. The van der Waals surface area contributed by atoms with Crippen molar-refractivity contribution < 1.29 is 13.2 Å². The van der Waals surface area contributed by atoms with Crippen molar-refractivity contribution in [2.24, 2.45) is 0 Å². The Labute approximate surface area is 109 Å². The molecule has 0 saturated carbocycles. The molecule has 1 heterocycles. The summed E-state index contributed by atoms with van der Waals surface area (Å²) in [6.07, 6.45) is -3.39. The third-order valence-electron chi connectivity index (χ3n) is 2.39. The molecule has 94 valence electrons. The summed E-state index contributed by atoms with van der Waals surface area (Å²) in [5, 5.41) is 0. The van der Waals surface area contributed by atoms with E-state index >= 15 is 0 Å². The van der Waals surface area contributed by atoms with Gasteiger partial charge in [0.1, 0.15) is 5.56 Å². The summed E-state index contributed by atoms with van der Waals surface area (Å²) in [4.78, 5) is 13.2. The van der Waals surface area contributed by atoms with E-state index in [1.165, 1.54) is 6.20 Å². The van der Waals surface area contributed by atoms with E-state index in [-0.39, 0.29) is 0 Å². The molecule has 0 aliphatic carbocycles. The number of hydrogen-bond acceptors (Lipinski definition) is 1. The van der Waals surface area contributed by atoms with Crippen LogP contribution in [0.3, 0.4) is 0 Å². The molecule has 2 aromatic rings. The fourth-order valence-corrected chi connectivity index (χ4v) is 1.77. The van der Waals surface area contributed by atoms with Gasteiger partial charge in [0.25, 0.3) is 5.56 Å². The van der Waals surface area contributed by atoms with Crippen molar-refractivity contribution >= 4 is 15.9 Å². The molecule has 2 nitrogen and oxygen atoms in total. The molecule has 0 fully saturated rings. The van der Waals surface area contributed by atoms with Crippen molar-refractivity contribution in [3.8, 4) is 11.1 Å².